The van der Waals surface area contributed by atoms with Crippen molar-refractivity contribution in [3.8, 4) is 84.7 Å². The van der Waals surface area contributed by atoms with Crippen LogP contribution in [0.4, 0.5) is 0 Å². The van der Waals surface area contributed by atoms with Crippen molar-refractivity contribution < 1.29 is 0 Å². The average molecular weight is 679 g/mol. The second-order valence-corrected chi connectivity index (χ2v) is 14.0. The van der Waals surface area contributed by atoms with E-state index in [0.717, 1.165) is 44.5 Å². The van der Waals surface area contributed by atoms with Crippen molar-refractivity contribution in [3.63, 3.8) is 0 Å². The lowest BCUT2D eigenvalue weighted by atomic mass is 9.80. The Balaban J connectivity index is 1.20. The number of benzene rings is 7. The molecule has 0 radical (unpaired) electrons. The molecule has 53 heavy (non-hydrogen) atoms. The van der Waals surface area contributed by atoms with Crippen molar-refractivity contribution in [2.24, 2.45) is 0 Å². The summed E-state index contributed by atoms with van der Waals surface area (Å²) in [6.45, 7) is 4.65. The van der Waals surface area contributed by atoms with Gasteiger partial charge in [-0.2, -0.15) is 5.26 Å². The van der Waals surface area contributed by atoms with Crippen molar-refractivity contribution in [2.45, 2.75) is 19.3 Å². The van der Waals surface area contributed by atoms with Crippen LogP contribution in [0.1, 0.15) is 30.5 Å². The first-order valence-corrected chi connectivity index (χ1v) is 17.8. The molecule has 0 saturated heterocycles. The maximum atomic E-state index is 9.38. The summed E-state index contributed by atoms with van der Waals surface area (Å²) < 4.78 is 0. The predicted molar refractivity (Wildman–Crippen MR) is 215 cm³/mol. The fraction of sp³-hybridized carbons (Fsp3) is 0.0612. The Bertz CT molecular complexity index is 2610. The van der Waals surface area contributed by atoms with E-state index in [1.807, 2.05) is 84.9 Å². The molecule has 8 aromatic rings. The summed E-state index contributed by atoms with van der Waals surface area (Å²) in [5.74, 6) is 1.91. The van der Waals surface area contributed by atoms with Crippen LogP contribution in [0.5, 0.6) is 0 Å². The smallest absolute Gasteiger partial charge is 0.164 e. The summed E-state index contributed by atoms with van der Waals surface area (Å²) in [7, 11) is 0. The molecular weight excluding hydrogens is 645 g/mol. The second kappa shape index (κ2) is 13.0. The summed E-state index contributed by atoms with van der Waals surface area (Å²) in [6.07, 6.45) is 0. The minimum absolute atomic E-state index is 0.139. The van der Waals surface area contributed by atoms with Gasteiger partial charge < -0.3 is 0 Å². The molecule has 1 aromatic heterocycles. The molecule has 9 rings (SSSR count). The zero-order valence-corrected chi connectivity index (χ0v) is 29.5. The Morgan fingerprint density at radius 3 is 1.53 bits per heavy atom. The molecule has 1 aliphatic carbocycles. The van der Waals surface area contributed by atoms with Gasteiger partial charge in [0.25, 0.3) is 0 Å². The zero-order valence-electron chi connectivity index (χ0n) is 29.5. The first-order chi connectivity index (χ1) is 26.0. The van der Waals surface area contributed by atoms with Gasteiger partial charge in [0.15, 0.2) is 17.5 Å². The Labute approximate surface area is 309 Å². The maximum Gasteiger partial charge on any atom is 0.164 e. The number of hydrogen-bond donors (Lipinski definition) is 0. The van der Waals surface area contributed by atoms with E-state index in [9.17, 15) is 5.26 Å². The first-order valence-electron chi connectivity index (χ1n) is 17.8. The third-order valence-electron chi connectivity index (χ3n) is 10.4. The van der Waals surface area contributed by atoms with Crippen LogP contribution >= 0.6 is 0 Å². The molecule has 7 aromatic carbocycles. The molecule has 0 fully saturated rings. The highest BCUT2D eigenvalue weighted by Crippen LogP contribution is 2.54. The van der Waals surface area contributed by atoms with Crippen molar-refractivity contribution in [2.75, 3.05) is 0 Å². The van der Waals surface area contributed by atoms with Gasteiger partial charge in [-0.3, -0.25) is 0 Å². The van der Waals surface area contributed by atoms with Gasteiger partial charge in [0.1, 0.15) is 0 Å². The highest BCUT2D eigenvalue weighted by atomic mass is 15.0. The molecule has 0 bridgehead atoms. The van der Waals surface area contributed by atoms with Crippen LogP contribution in [0.15, 0.2) is 170 Å². The van der Waals surface area contributed by atoms with Gasteiger partial charge in [-0.25, -0.2) is 15.0 Å². The lowest BCUT2D eigenvalue weighted by Gasteiger charge is -2.23. The maximum absolute atomic E-state index is 9.38. The molecular formula is C49H34N4. The second-order valence-electron chi connectivity index (χ2n) is 14.0. The third kappa shape index (κ3) is 5.69. The predicted octanol–water partition coefficient (Wildman–Crippen LogP) is 12.1. The minimum Gasteiger partial charge on any atom is -0.208 e. The van der Waals surface area contributed by atoms with E-state index in [1.165, 1.54) is 27.8 Å². The van der Waals surface area contributed by atoms with E-state index < -0.39 is 0 Å². The van der Waals surface area contributed by atoms with Crippen molar-refractivity contribution in [3.05, 3.63) is 187 Å². The first kappa shape index (κ1) is 32.0. The van der Waals surface area contributed by atoms with E-state index in [0.29, 0.717) is 23.0 Å². The van der Waals surface area contributed by atoms with Gasteiger partial charge in [0.05, 0.1) is 11.6 Å². The van der Waals surface area contributed by atoms with Gasteiger partial charge in [-0.05, 0) is 73.8 Å². The number of aromatic nitrogens is 3. The minimum atomic E-state index is -0.139. The van der Waals surface area contributed by atoms with Crippen LogP contribution in [-0.4, -0.2) is 15.0 Å². The fourth-order valence-electron chi connectivity index (χ4n) is 7.66. The SMILES string of the molecule is CC1(C)c2ccccc2-c2c1ccc(-c1ccc(-c3nc(-c4ccccc4)nc(-c4ccccc4)n3)cc1)c2-c1cccc(-c2ccc(C#N)cc2)c1. The van der Waals surface area contributed by atoms with Gasteiger partial charge in [0.2, 0.25) is 0 Å². The summed E-state index contributed by atoms with van der Waals surface area (Å²) in [5, 5.41) is 9.38. The van der Waals surface area contributed by atoms with Crippen LogP contribution in [-0.2, 0) is 5.41 Å². The molecule has 0 spiro atoms. The van der Waals surface area contributed by atoms with Crippen LogP contribution in [0.2, 0.25) is 0 Å². The zero-order chi connectivity index (χ0) is 35.9. The molecule has 1 heterocycles. The number of hydrogen-bond acceptors (Lipinski definition) is 4. The summed E-state index contributed by atoms with van der Waals surface area (Å²) in [6, 6.07) is 61.0. The molecule has 0 amide bonds. The van der Waals surface area contributed by atoms with E-state index in [2.05, 4.69) is 105 Å². The molecule has 0 aliphatic heterocycles. The highest BCUT2D eigenvalue weighted by Gasteiger charge is 2.37. The summed E-state index contributed by atoms with van der Waals surface area (Å²) >= 11 is 0. The van der Waals surface area contributed by atoms with Crippen molar-refractivity contribution in [1.29, 1.82) is 5.26 Å². The molecule has 250 valence electrons. The lowest BCUT2D eigenvalue weighted by molar-refractivity contribution is 0.660. The van der Waals surface area contributed by atoms with E-state index in [-0.39, 0.29) is 5.41 Å². The standard InChI is InChI=1S/C49H34N4/c1-49(2)42-19-10-9-18-41(42)45-43(49)29-28-40(44(45)39-17-11-16-38(30-39)33-22-20-32(31-50)21-23-33)34-24-26-37(27-25-34)48-52-46(35-12-5-3-6-13-35)51-47(53-48)36-14-7-4-8-15-36/h3-30H,1-2H3. The Kier molecular flexibility index (Phi) is 7.83. The van der Waals surface area contributed by atoms with E-state index in [4.69, 9.17) is 15.0 Å². The molecule has 4 nitrogen and oxygen atoms in total. The molecule has 0 N–H and O–H groups in total. The Morgan fingerprint density at radius 1 is 0.396 bits per heavy atom. The largest absolute Gasteiger partial charge is 0.208 e. The topological polar surface area (TPSA) is 62.5 Å². The monoisotopic (exact) mass is 678 g/mol. The van der Waals surface area contributed by atoms with Crippen LogP contribution < -0.4 is 0 Å². The Morgan fingerprint density at radius 2 is 0.906 bits per heavy atom. The third-order valence-corrected chi connectivity index (χ3v) is 10.4. The van der Waals surface area contributed by atoms with Crippen LogP contribution in [0.3, 0.4) is 0 Å². The lowest BCUT2D eigenvalue weighted by Crippen LogP contribution is -2.14. The molecule has 4 heteroatoms. The van der Waals surface area contributed by atoms with Gasteiger partial charge in [-0.15, -0.1) is 0 Å². The quantitative estimate of drug-likeness (QED) is 0.176. The van der Waals surface area contributed by atoms with Gasteiger partial charge in [-0.1, -0.05) is 166 Å². The van der Waals surface area contributed by atoms with Gasteiger partial charge in [0, 0.05) is 22.1 Å². The molecule has 0 saturated carbocycles. The number of rotatable bonds is 6. The summed E-state index contributed by atoms with van der Waals surface area (Å²) in [4.78, 5) is 14.8. The number of fused-ring (bicyclic) bond motifs is 3. The van der Waals surface area contributed by atoms with Crippen LogP contribution in [0, 0.1) is 11.3 Å². The van der Waals surface area contributed by atoms with Gasteiger partial charge >= 0.3 is 0 Å². The fourth-order valence-corrected chi connectivity index (χ4v) is 7.66. The van der Waals surface area contributed by atoms with Crippen LogP contribution in [0.25, 0.3) is 78.7 Å². The Hall–Kier alpha value is -6.96. The van der Waals surface area contributed by atoms with Crippen molar-refractivity contribution in [1.82, 2.24) is 15.0 Å². The molecule has 0 unspecified atom stereocenters. The number of nitriles is 1. The van der Waals surface area contributed by atoms with Crippen molar-refractivity contribution >= 4 is 0 Å². The normalized spacial score (nSPS) is 12.5. The summed E-state index contributed by atoms with van der Waals surface area (Å²) in [5.41, 5.74) is 15.3. The average Bonchev–Trinajstić information content (AvgIpc) is 3.47. The van der Waals surface area contributed by atoms with E-state index in [1.54, 1.807) is 0 Å². The molecule has 0 atom stereocenters. The highest BCUT2D eigenvalue weighted by molar-refractivity contribution is 6.00. The molecule has 1 aliphatic rings. The van der Waals surface area contributed by atoms with E-state index >= 15 is 0 Å². The number of nitrogens with zero attached hydrogens (tertiary/aromatic N) is 4.